The van der Waals surface area contributed by atoms with E-state index >= 15 is 0 Å². The summed E-state index contributed by atoms with van der Waals surface area (Å²) in [6, 6.07) is 1.41. The van der Waals surface area contributed by atoms with Crippen molar-refractivity contribution in [3.8, 4) is 0 Å². The number of pyridine rings is 1. The number of amides is 2. The molecule has 3 heterocycles. The first-order chi connectivity index (χ1) is 15.2. The second-order valence-electron chi connectivity index (χ2n) is 8.84. The molecule has 0 spiro atoms. The van der Waals surface area contributed by atoms with Gasteiger partial charge in [0.15, 0.2) is 0 Å². The van der Waals surface area contributed by atoms with Crippen molar-refractivity contribution < 1.29 is 22.8 Å². The summed E-state index contributed by atoms with van der Waals surface area (Å²) in [5.41, 5.74) is 0.370. The molecule has 1 aromatic rings. The molecule has 9 heteroatoms. The maximum absolute atomic E-state index is 13.0. The zero-order valence-corrected chi connectivity index (χ0v) is 18.9. The lowest BCUT2D eigenvalue weighted by atomic mass is 10.00. The van der Waals surface area contributed by atoms with E-state index in [4.69, 9.17) is 0 Å². The standard InChI is InChI=1S/C20H25F3N4O2.C3H8/c21-20(22,23)15-9-14-12-27(6-3-17(14)25-11-15)19(29)13-1-2-16(10-13)26-7-4-18(28)24-5-8-26;1-3-2/h9,11,13,16H,1-8,10,12H2,(H,24,28);3H2,1-2H3. The lowest BCUT2D eigenvalue weighted by molar-refractivity contribution is -0.138. The van der Waals surface area contributed by atoms with Gasteiger partial charge in [0.25, 0.3) is 0 Å². The molecule has 3 aliphatic rings. The Morgan fingerprint density at radius 3 is 2.66 bits per heavy atom. The number of nitrogens with zero attached hydrogens (tertiary/aromatic N) is 3. The highest BCUT2D eigenvalue weighted by Crippen LogP contribution is 2.34. The van der Waals surface area contributed by atoms with Gasteiger partial charge in [0.05, 0.1) is 5.56 Å². The first kappa shape index (κ1) is 24.5. The fourth-order valence-corrected chi connectivity index (χ4v) is 4.69. The molecule has 32 heavy (non-hydrogen) atoms. The van der Waals surface area contributed by atoms with Crippen molar-refractivity contribution in [1.29, 1.82) is 0 Å². The Hall–Kier alpha value is -2.16. The molecule has 2 unspecified atom stereocenters. The number of alkyl halides is 3. The number of carbonyl (C=O) groups excluding carboxylic acids is 2. The molecule has 6 nitrogen and oxygen atoms in total. The Morgan fingerprint density at radius 1 is 1.19 bits per heavy atom. The molecule has 2 fully saturated rings. The summed E-state index contributed by atoms with van der Waals surface area (Å²) >= 11 is 0. The van der Waals surface area contributed by atoms with Crippen molar-refractivity contribution >= 4 is 11.8 Å². The monoisotopic (exact) mass is 454 g/mol. The third-order valence-electron chi connectivity index (χ3n) is 6.30. The Kier molecular flexibility index (Phi) is 8.14. The number of nitrogens with one attached hydrogen (secondary N) is 1. The zero-order chi connectivity index (χ0) is 23.3. The number of hydrogen-bond acceptors (Lipinski definition) is 4. The fraction of sp³-hybridized carbons (Fsp3) is 0.696. The van der Waals surface area contributed by atoms with E-state index in [1.807, 2.05) is 0 Å². The second kappa shape index (κ2) is 10.6. The van der Waals surface area contributed by atoms with Gasteiger partial charge < -0.3 is 10.2 Å². The Bertz CT molecular complexity index is 815. The van der Waals surface area contributed by atoms with Crippen LogP contribution in [0.4, 0.5) is 13.2 Å². The van der Waals surface area contributed by atoms with Gasteiger partial charge in [-0.2, -0.15) is 13.2 Å². The minimum atomic E-state index is -4.43. The normalized spacial score (nSPS) is 24.2. The Morgan fingerprint density at radius 2 is 1.94 bits per heavy atom. The van der Waals surface area contributed by atoms with Crippen LogP contribution >= 0.6 is 0 Å². The molecule has 178 valence electrons. The Balaban J connectivity index is 0.000000913. The van der Waals surface area contributed by atoms with E-state index in [9.17, 15) is 22.8 Å². The average molecular weight is 455 g/mol. The molecular formula is C23H33F3N4O2. The van der Waals surface area contributed by atoms with E-state index in [-0.39, 0.29) is 30.3 Å². The van der Waals surface area contributed by atoms with Gasteiger partial charge in [-0.05, 0) is 30.9 Å². The van der Waals surface area contributed by atoms with Crippen molar-refractivity contribution in [3.63, 3.8) is 0 Å². The maximum Gasteiger partial charge on any atom is 0.417 e. The molecule has 0 radical (unpaired) electrons. The van der Waals surface area contributed by atoms with Gasteiger partial charge in [-0.25, -0.2) is 0 Å². The van der Waals surface area contributed by atoms with Gasteiger partial charge in [0.1, 0.15) is 0 Å². The smallest absolute Gasteiger partial charge is 0.355 e. The van der Waals surface area contributed by atoms with E-state index in [1.54, 1.807) is 4.90 Å². The van der Waals surface area contributed by atoms with Crippen molar-refractivity contribution in [2.75, 3.05) is 26.2 Å². The molecule has 1 aromatic heterocycles. The summed E-state index contributed by atoms with van der Waals surface area (Å²) < 4.78 is 38.9. The summed E-state index contributed by atoms with van der Waals surface area (Å²) in [4.78, 5) is 32.5. The number of rotatable bonds is 2. The van der Waals surface area contributed by atoms with Crippen LogP contribution < -0.4 is 5.32 Å². The summed E-state index contributed by atoms with van der Waals surface area (Å²) in [7, 11) is 0. The van der Waals surface area contributed by atoms with Crippen LogP contribution in [0.1, 0.15) is 62.8 Å². The molecule has 4 rings (SSSR count). The first-order valence-electron chi connectivity index (χ1n) is 11.6. The molecule has 1 aliphatic carbocycles. The van der Waals surface area contributed by atoms with Crippen molar-refractivity contribution in [2.45, 2.75) is 71.1 Å². The Labute approximate surface area is 187 Å². The molecule has 1 N–H and O–H groups in total. The van der Waals surface area contributed by atoms with Gasteiger partial charge in [-0.15, -0.1) is 0 Å². The molecule has 1 saturated heterocycles. The van der Waals surface area contributed by atoms with Crippen LogP contribution in [0.15, 0.2) is 12.3 Å². The number of aromatic nitrogens is 1. The van der Waals surface area contributed by atoms with E-state index < -0.39 is 11.7 Å². The third-order valence-corrected chi connectivity index (χ3v) is 6.30. The zero-order valence-electron chi connectivity index (χ0n) is 18.9. The summed E-state index contributed by atoms with van der Waals surface area (Å²) in [6.07, 6.45) is 1.09. The summed E-state index contributed by atoms with van der Waals surface area (Å²) in [6.45, 7) is 7.06. The van der Waals surface area contributed by atoms with Crippen LogP contribution in [0, 0.1) is 5.92 Å². The van der Waals surface area contributed by atoms with Gasteiger partial charge in [-0.1, -0.05) is 20.3 Å². The summed E-state index contributed by atoms with van der Waals surface area (Å²) in [5.74, 6) is -0.0104. The van der Waals surface area contributed by atoms with Gasteiger partial charge in [-0.3, -0.25) is 19.5 Å². The predicted molar refractivity (Wildman–Crippen MR) is 115 cm³/mol. The highest BCUT2D eigenvalue weighted by Gasteiger charge is 2.37. The average Bonchev–Trinajstić information content (AvgIpc) is 3.15. The quantitative estimate of drug-likeness (QED) is 0.744. The number of carbonyl (C=O) groups is 2. The van der Waals surface area contributed by atoms with Crippen LogP contribution in [0.5, 0.6) is 0 Å². The van der Waals surface area contributed by atoms with Gasteiger partial charge in [0, 0.05) is 69.4 Å². The predicted octanol–water partition coefficient (Wildman–Crippen LogP) is 3.39. The van der Waals surface area contributed by atoms with Crippen molar-refractivity contribution in [2.24, 2.45) is 5.92 Å². The van der Waals surface area contributed by atoms with Crippen molar-refractivity contribution in [3.05, 3.63) is 29.1 Å². The molecule has 2 atom stereocenters. The number of halogens is 3. The minimum Gasteiger partial charge on any atom is -0.355 e. The lowest BCUT2D eigenvalue weighted by Gasteiger charge is -2.31. The number of fused-ring (bicyclic) bond motifs is 1. The van der Waals surface area contributed by atoms with Crippen LogP contribution in [-0.4, -0.2) is 58.8 Å². The van der Waals surface area contributed by atoms with Gasteiger partial charge >= 0.3 is 6.18 Å². The molecule has 2 aliphatic heterocycles. The first-order valence-corrected chi connectivity index (χ1v) is 11.6. The van der Waals surface area contributed by atoms with Crippen LogP contribution in [0.25, 0.3) is 0 Å². The minimum absolute atomic E-state index is 0.0274. The summed E-state index contributed by atoms with van der Waals surface area (Å²) in [5, 5.41) is 2.87. The van der Waals surface area contributed by atoms with Crippen LogP contribution in [0.3, 0.4) is 0 Å². The molecule has 2 amide bonds. The van der Waals surface area contributed by atoms with Gasteiger partial charge in [0.2, 0.25) is 11.8 Å². The highest BCUT2D eigenvalue weighted by molar-refractivity contribution is 5.79. The van der Waals surface area contributed by atoms with Crippen LogP contribution in [0.2, 0.25) is 0 Å². The maximum atomic E-state index is 13.0. The molecule has 0 aromatic carbocycles. The second-order valence-corrected chi connectivity index (χ2v) is 8.84. The fourth-order valence-electron chi connectivity index (χ4n) is 4.69. The largest absolute Gasteiger partial charge is 0.417 e. The van der Waals surface area contributed by atoms with E-state index in [2.05, 4.69) is 29.0 Å². The lowest BCUT2D eigenvalue weighted by Crippen LogP contribution is -2.41. The molecular weight excluding hydrogens is 421 g/mol. The van der Waals surface area contributed by atoms with E-state index in [0.717, 1.165) is 38.1 Å². The topological polar surface area (TPSA) is 65.5 Å². The molecule has 1 saturated carbocycles. The SMILES string of the molecule is CCC.O=C1CCN(C2CCC(C(=O)N3CCc4ncc(C(F)(F)F)cc4C3)C2)CCN1. The van der Waals surface area contributed by atoms with Crippen LogP contribution in [-0.2, 0) is 28.7 Å². The van der Waals surface area contributed by atoms with Crippen molar-refractivity contribution in [1.82, 2.24) is 20.1 Å². The third kappa shape index (κ3) is 5.99. The highest BCUT2D eigenvalue weighted by atomic mass is 19.4. The van der Waals surface area contributed by atoms with E-state index in [0.29, 0.717) is 43.7 Å². The number of hydrogen-bond donors (Lipinski definition) is 1. The molecule has 0 bridgehead atoms. The van der Waals surface area contributed by atoms with E-state index in [1.165, 1.54) is 6.42 Å².